The van der Waals surface area contributed by atoms with E-state index < -0.39 is 17.5 Å². The molecule has 0 aromatic heterocycles. The van der Waals surface area contributed by atoms with Crippen LogP contribution in [0.1, 0.15) is 5.56 Å². The molecule has 1 amide bonds. The number of amides is 1. The van der Waals surface area contributed by atoms with Crippen molar-refractivity contribution < 1.29 is 19.4 Å². The van der Waals surface area contributed by atoms with Crippen molar-refractivity contribution in [2.75, 3.05) is 19.7 Å². The molecule has 5 nitrogen and oxygen atoms in total. The highest BCUT2D eigenvalue weighted by atomic mass is 16.6. The van der Waals surface area contributed by atoms with Gasteiger partial charge in [-0.25, -0.2) is 4.79 Å². The third kappa shape index (κ3) is 2.82. The van der Waals surface area contributed by atoms with Crippen molar-refractivity contribution >= 4 is 12.1 Å². The second kappa shape index (κ2) is 5.77. The van der Waals surface area contributed by atoms with Crippen LogP contribution >= 0.6 is 0 Å². The molecule has 0 spiro atoms. The van der Waals surface area contributed by atoms with Gasteiger partial charge in [-0.3, -0.25) is 4.79 Å². The van der Waals surface area contributed by atoms with Gasteiger partial charge in [-0.15, -0.1) is 0 Å². The number of rotatable bonds is 5. The van der Waals surface area contributed by atoms with Crippen molar-refractivity contribution in [3.8, 4) is 0 Å². The van der Waals surface area contributed by atoms with Gasteiger partial charge in [0.25, 0.3) is 0 Å². The monoisotopic (exact) mass is 275 g/mol. The van der Waals surface area contributed by atoms with Crippen molar-refractivity contribution in [2.45, 2.75) is 6.42 Å². The fraction of sp³-hybridized carbons (Fsp3) is 0.333. The highest BCUT2D eigenvalue weighted by Crippen LogP contribution is 2.35. The summed E-state index contributed by atoms with van der Waals surface area (Å²) < 4.78 is 4.89. The van der Waals surface area contributed by atoms with Crippen LogP contribution in [-0.4, -0.2) is 41.8 Å². The van der Waals surface area contributed by atoms with Crippen LogP contribution in [0.5, 0.6) is 0 Å². The molecular weight excluding hydrogens is 258 g/mol. The summed E-state index contributed by atoms with van der Waals surface area (Å²) in [5.74, 6) is -0.880. The van der Waals surface area contributed by atoms with E-state index in [4.69, 9.17) is 4.74 Å². The first-order valence-electron chi connectivity index (χ1n) is 6.37. The summed E-state index contributed by atoms with van der Waals surface area (Å²) in [5.41, 5.74) is 0.0446. The van der Waals surface area contributed by atoms with Crippen LogP contribution in [0.15, 0.2) is 43.0 Å². The minimum atomic E-state index is -0.908. The second-order valence-electron chi connectivity index (χ2n) is 4.97. The largest absolute Gasteiger partial charge is 0.481 e. The average molecular weight is 275 g/mol. The van der Waals surface area contributed by atoms with Gasteiger partial charge in [0.15, 0.2) is 0 Å². The number of carbonyl (C=O) groups excluding carboxylic acids is 1. The third-order valence-corrected chi connectivity index (χ3v) is 3.41. The third-order valence-electron chi connectivity index (χ3n) is 3.41. The number of aliphatic carboxylic acids is 1. The van der Waals surface area contributed by atoms with Crippen LogP contribution in [0.25, 0.3) is 0 Å². The summed E-state index contributed by atoms with van der Waals surface area (Å²) in [5, 5.41) is 9.43. The number of likely N-dealkylation sites (tertiary alicyclic amines) is 1. The molecular formula is C15H17NO4. The van der Waals surface area contributed by atoms with E-state index in [9.17, 15) is 14.7 Å². The molecule has 1 N–H and O–H groups in total. The van der Waals surface area contributed by atoms with Crippen LogP contribution in [0.3, 0.4) is 0 Å². The Morgan fingerprint density at radius 2 is 2.00 bits per heavy atom. The van der Waals surface area contributed by atoms with E-state index in [1.54, 1.807) is 0 Å². The number of carbonyl (C=O) groups is 2. The first kappa shape index (κ1) is 14.1. The van der Waals surface area contributed by atoms with Gasteiger partial charge in [0.05, 0.1) is 0 Å². The van der Waals surface area contributed by atoms with Gasteiger partial charge < -0.3 is 14.7 Å². The molecule has 0 bridgehead atoms. The van der Waals surface area contributed by atoms with Gasteiger partial charge in [0.2, 0.25) is 0 Å². The molecule has 1 fully saturated rings. The van der Waals surface area contributed by atoms with Gasteiger partial charge in [0, 0.05) is 13.1 Å². The summed E-state index contributed by atoms with van der Waals surface area (Å²) >= 11 is 0. The molecule has 106 valence electrons. The van der Waals surface area contributed by atoms with Crippen molar-refractivity contribution in [3.05, 3.63) is 48.6 Å². The lowest BCUT2D eigenvalue weighted by atomic mass is 9.75. The highest BCUT2D eigenvalue weighted by molar-refractivity contribution is 5.81. The molecule has 1 saturated heterocycles. The Hall–Kier alpha value is -2.30. The molecule has 20 heavy (non-hydrogen) atoms. The summed E-state index contributed by atoms with van der Waals surface area (Å²) in [6, 6.07) is 9.42. The summed E-state index contributed by atoms with van der Waals surface area (Å²) in [4.78, 5) is 24.5. The Morgan fingerprint density at radius 3 is 2.55 bits per heavy atom. The molecule has 0 aliphatic carbocycles. The predicted octanol–water partition coefficient (Wildman–Crippen LogP) is 1.94. The Morgan fingerprint density at radius 1 is 1.35 bits per heavy atom. The zero-order valence-electron chi connectivity index (χ0n) is 11.1. The van der Waals surface area contributed by atoms with Gasteiger partial charge in [-0.1, -0.05) is 43.0 Å². The zero-order valence-corrected chi connectivity index (χ0v) is 11.1. The standard InChI is InChI=1S/C15H17NO4/c1-2-8-20-14(19)16-10-15(11-16,13(17)18)9-12-6-4-3-5-7-12/h2-7H,1,8-11H2,(H,17,18). The van der Waals surface area contributed by atoms with Crippen LogP contribution in [0.2, 0.25) is 0 Å². The minimum absolute atomic E-state index is 0.133. The maximum atomic E-state index is 11.6. The molecule has 0 saturated carbocycles. The fourth-order valence-corrected chi connectivity index (χ4v) is 2.34. The number of hydrogen-bond donors (Lipinski definition) is 1. The quantitative estimate of drug-likeness (QED) is 0.834. The van der Waals surface area contributed by atoms with Gasteiger partial charge >= 0.3 is 12.1 Å². The number of carboxylic acids is 1. The normalized spacial score (nSPS) is 16.1. The number of nitrogens with zero attached hydrogens (tertiary/aromatic N) is 1. The summed E-state index contributed by atoms with van der Waals surface area (Å²) in [7, 11) is 0. The predicted molar refractivity (Wildman–Crippen MR) is 73.3 cm³/mol. The van der Waals surface area contributed by atoms with Crippen molar-refractivity contribution in [3.63, 3.8) is 0 Å². The summed E-state index contributed by atoms with van der Waals surface area (Å²) in [6.07, 6.45) is 1.40. The van der Waals surface area contributed by atoms with Crippen molar-refractivity contribution in [2.24, 2.45) is 5.41 Å². The van der Waals surface area contributed by atoms with E-state index in [0.29, 0.717) is 6.42 Å². The number of ether oxygens (including phenoxy) is 1. The lowest BCUT2D eigenvalue weighted by molar-refractivity contribution is -0.158. The van der Waals surface area contributed by atoms with E-state index in [1.807, 2.05) is 30.3 Å². The molecule has 1 aliphatic heterocycles. The maximum absolute atomic E-state index is 11.6. The molecule has 0 radical (unpaired) electrons. The number of benzene rings is 1. The van der Waals surface area contributed by atoms with E-state index in [2.05, 4.69) is 6.58 Å². The van der Waals surface area contributed by atoms with Crippen LogP contribution in [-0.2, 0) is 16.0 Å². The van der Waals surface area contributed by atoms with Crippen molar-refractivity contribution in [1.29, 1.82) is 0 Å². The Balaban J connectivity index is 1.99. The molecule has 0 unspecified atom stereocenters. The second-order valence-corrected chi connectivity index (χ2v) is 4.97. The summed E-state index contributed by atoms with van der Waals surface area (Å²) in [6.45, 7) is 3.94. The Labute approximate surface area is 117 Å². The molecule has 2 rings (SSSR count). The van der Waals surface area contributed by atoms with Crippen LogP contribution < -0.4 is 0 Å². The number of carboxylic acid groups (broad SMARTS) is 1. The van der Waals surface area contributed by atoms with E-state index in [0.717, 1.165) is 5.56 Å². The van der Waals surface area contributed by atoms with Gasteiger partial charge in [-0.2, -0.15) is 0 Å². The molecule has 0 atom stereocenters. The Bertz CT molecular complexity index is 506. The topological polar surface area (TPSA) is 66.8 Å². The maximum Gasteiger partial charge on any atom is 0.410 e. The van der Waals surface area contributed by atoms with Crippen LogP contribution in [0.4, 0.5) is 4.79 Å². The smallest absolute Gasteiger partial charge is 0.410 e. The first-order valence-corrected chi connectivity index (χ1v) is 6.37. The first-order chi connectivity index (χ1) is 9.57. The van der Waals surface area contributed by atoms with E-state index >= 15 is 0 Å². The molecule has 1 aromatic carbocycles. The fourth-order valence-electron chi connectivity index (χ4n) is 2.34. The molecule has 1 aromatic rings. The number of hydrogen-bond acceptors (Lipinski definition) is 3. The Kier molecular flexibility index (Phi) is 4.08. The molecule has 1 aliphatic rings. The minimum Gasteiger partial charge on any atom is -0.481 e. The van der Waals surface area contributed by atoms with E-state index in [1.165, 1.54) is 11.0 Å². The van der Waals surface area contributed by atoms with Crippen molar-refractivity contribution in [1.82, 2.24) is 4.90 Å². The SMILES string of the molecule is C=CCOC(=O)N1CC(Cc2ccccc2)(C(=O)O)C1. The average Bonchev–Trinajstić information content (AvgIpc) is 2.40. The lowest BCUT2D eigenvalue weighted by Crippen LogP contribution is -2.63. The molecule has 1 heterocycles. The lowest BCUT2D eigenvalue weighted by Gasteiger charge is -2.46. The van der Waals surface area contributed by atoms with E-state index in [-0.39, 0.29) is 19.7 Å². The zero-order chi connectivity index (χ0) is 14.6. The van der Waals surface area contributed by atoms with Gasteiger partial charge in [-0.05, 0) is 12.0 Å². The van der Waals surface area contributed by atoms with Gasteiger partial charge in [0.1, 0.15) is 12.0 Å². The molecule has 5 heteroatoms. The highest BCUT2D eigenvalue weighted by Gasteiger charge is 2.51. The van der Waals surface area contributed by atoms with Crippen LogP contribution in [0, 0.1) is 5.41 Å².